The van der Waals surface area contributed by atoms with Crippen LogP contribution in [0.3, 0.4) is 0 Å². The van der Waals surface area contributed by atoms with Gasteiger partial charge in [0.05, 0.1) is 5.25 Å². The summed E-state index contributed by atoms with van der Waals surface area (Å²) in [6, 6.07) is 7.98. The Hall–Kier alpha value is -1.86. The first-order valence-corrected chi connectivity index (χ1v) is 9.99. The van der Waals surface area contributed by atoms with E-state index in [0.717, 1.165) is 21.6 Å². The molecule has 134 valence electrons. The van der Waals surface area contributed by atoms with E-state index in [1.54, 1.807) is 6.08 Å². The molecule has 0 aliphatic carbocycles. The number of anilines is 2. The fraction of sp³-hybridized carbons (Fsp3) is 0.389. The van der Waals surface area contributed by atoms with E-state index in [0.29, 0.717) is 12.5 Å². The third-order valence-corrected chi connectivity index (χ3v) is 5.88. The monoisotopic (exact) mass is 376 g/mol. The highest BCUT2D eigenvalue weighted by molar-refractivity contribution is 8.02. The zero-order chi connectivity index (χ0) is 18.2. The van der Waals surface area contributed by atoms with Gasteiger partial charge in [0.1, 0.15) is 0 Å². The number of carbonyl (C=O) groups is 1. The Morgan fingerprint density at radius 3 is 2.84 bits per heavy atom. The van der Waals surface area contributed by atoms with Crippen LogP contribution in [0.25, 0.3) is 0 Å². The predicted molar refractivity (Wildman–Crippen MR) is 108 cm³/mol. The van der Waals surface area contributed by atoms with E-state index < -0.39 is 0 Å². The Labute approximate surface area is 157 Å². The predicted octanol–water partition coefficient (Wildman–Crippen LogP) is 4.77. The van der Waals surface area contributed by atoms with E-state index in [-0.39, 0.29) is 11.2 Å². The summed E-state index contributed by atoms with van der Waals surface area (Å²) in [5, 5.41) is 14.8. The normalized spacial score (nSPS) is 13.1. The maximum absolute atomic E-state index is 12.6. The molecular formula is C18H24N4OS2. The van der Waals surface area contributed by atoms with Gasteiger partial charge in [-0.25, -0.2) is 0 Å². The van der Waals surface area contributed by atoms with E-state index in [2.05, 4.69) is 47.3 Å². The first-order chi connectivity index (χ1) is 12.0. The lowest BCUT2D eigenvalue weighted by Crippen LogP contribution is -2.23. The summed E-state index contributed by atoms with van der Waals surface area (Å²) in [6.07, 6.45) is 2.79. The Morgan fingerprint density at radius 2 is 2.12 bits per heavy atom. The van der Waals surface area contributed by atoms with Crippen molar-refractivity contribution in [1.29, 1.82) is 0 Å². The number of thioether (sulfide) groups is 1. The number of benzene rings is 1. The molecule has 0 bridgehead atoms. The van der Waals surface area contributed by atoms with Gasteiger partial charge in [-0.1, -0.05) is 61.2 Å². The van der Waals surface area contributed by atoms with Crippen LogP contribution in [0.15, 0.2) is 41.3 Å². The molecule has 2 unspecified atom stereocenters. The standard InChI is InChI=1S/C18H24N4OS2/c1-5-11-19-17-21-22-18(25-17)24-13(4)16(23)20-15-10-8-7-9-14(15)12(3)6-2/h5,7-10,12-13H,1,6,11H2,2-4H3,(H,19,21)(H,20,23). The molecule has 1 amide bonds. The van der Waals surface area contributed by atoms with Crippen molar-refractivity contribution in [3.05, 3.63) is 42.5 Å². The fourth-order valence-electron chi connectivity index (χ4n) is 2.19. The second kappa shape index (κ2) is 9.58. The minimum atomic E-state index is -0.259. The first kappa shape index (κ1) is 19.5. The Morgan fingerprint density at radius 1 is 1.36 bits per heavy atom. The van der Waals surface area contributed by atoms with Gasteiger partial charge in [-0.05, 0) is 30.9 Å². The average Bonchev–Trinajstić information content (AvgIpc) is 3.07. The van der Waals surface area contributed by atoms with E-state index in [4.69, 9.17) is 0 Å². The van der Waals surface area contributed by atoms with Crippen molar-refractivity contribution >= 4 is 39.8 Å². The Kier molecular flexibility index (Phi) is 7.46. The van der Waals surface area contributed by atoms with Gasteiger partial charge in [-0.3, -0.25) is 4.79 Å². The summed E-state index contributed by atoms with van der Waals surface area (Å²) < 4.78 is 0.768. The minimum Gasteiger partial charge on any atom is -0.357 e. The van der Waals surface area contributed by atoms with E-state index in [1.807, 2.05) is 25.1 Å². The Balaban J connectivity index is 1.99. The van der Waals surface area contributed by atoms with Crippen molar-refractivity contribution in [3.63, 3.8) is 0 Å². The second-order valence-corrected chi connectivity index (χ2v) is 8.25. The van der Waals surface area contributed by atoms with Gasteiger partial charge in [0.25, 0.3) is 0 Å². The van der Waals surface area contributed by atoms with E-state index in [1.165, 1.54) is 28.7 Å². The van der Waals surface area contributed by atoms with Gasteiger partial charge in [0.15, 0.2) is 4.34 Å². The Bertz CT molecular complexity index is 717. The largest absolute Gasteiger partial charge is 0.357 e. The summed E-state index contributed by atoms with van der Waals surface area (Å²) in [4.78, 5) is 12.6. The lowest BCUT2D eigenvalue weighted by atomic mass is 9.97. The van der Waals surface area contributed by atoms with Crippen LogP contribution in [0, 0.1) is 0 Å². The highest BCUT2D eigenvalue weighted by Gasteiger charge is 2.19. The number of para-hydroxylation sites is 1. The zero-order valence-electron chi connectivity index (χ0n) is 14.8. The van der Waals surface area contributed by atoms with Gasteiger partial charge in [0, 0.05) is 12.2 Å². The summed E-state index contributed by atoms with van der Waals surface area (Å²) >= 11 is 2.85. The number of hydrogen-bond donors (Lipinski definition) is 2. The van der Waals surface area contributed by atoms with E-state index >= 15 is 0 Å². The molecule has 1 aromatic heterocycles. The zero-order valence-corrected chi connectivity index (χ0v) is 16.4. The van der Waals surface area contributed by atoms with Crippen LogP contribution in [0.4, 0.5) is 10.8 Å². The number of aromatic nitrogens is 2. The van der Waals surface area contributed by atoms with Crippen molar-refractivity contribution in [2.45, 2.75) is 42.7 Å². The van der Waals surface area contributed by atoms with Gasteiger partial charge >= 0.3 is 0 Å². The topological polar surface area (TPSA) is 66.9 Å². The van der Waals surface area contributed by atoms with Crippen LogP contribution in [-0.4, -0.2) is 27.9 Å². The smallest absolute Gasteiger partial charge is 0.237 e. The van der Waals surface area contributed by atoms with Gasteiger partial charge in [-0.15, -0.1) is 16.8 Å². The molecule has 7 heteroatoms. The van der Waals surface area contributed by atoms with Crippen LogP contribution >= 0.6 is 23.1 Å². The summed E-state index contributed by atoms with van der Waals surface area (Å²) in [6.45, 7) is 10.5. The van der Waals surface area contributed by atoms with Crippen molar-refractivity contribution in [2.24, 2.45) is 0 Å². The minimum absolute atomic E-state index is 0.0310. The number of amides is 1. The van der Waals surface area contributed by atoms with Crippen LogP contribution in [0.2, 0.25) is 0 Å². The molecule has 5 nitrogen and oxygen atoms in total. The first-order valence-electron chi connectivity index (χ1n) is 8.29. The van der Waals surface area contributed by atoms with Crippen LogP contribution in [0.1, 0.15) is 38.7 Å². The number of hydrogen-bond acceptors (Lipinski definition) is 6. The fourth-order valence-corrected chi connectivity index (χ4v) is 4.09. The van der Waals surface area contributed by atoms with Crippen molar-refractivity contribution in [1.82, 2.24) is 10.2 Å². The van der Waals surface area contributed by atoms with Crippen LogP contribution < -0.4 is 10.6 Å². The maximum atomic E-state index is 12.6. The molecule has 0 saturated carbocycles. The molecule has 2 N–H and O–H groups in total. The number of nitrogens with one attached hydrogen (secondary N) is 2. The summed E-state index contributed by atoms with van der Waals surface area (Å²) in [5.41, 5.74) is 2.06. The summed E-state index contributed by atoms with van der Waals surface area (Å²) in [7, 11) is 0. The van der Waals surface area contributed by atoms with Crippen molar-refractivity contribution < 1.29 is 4.79 Å². The second-order valence-electron chi connectivity index (χ2n) is 5.69. The molecule has 1 heterocycles. The molecule has 2 atom stereocenters. The van der Waals surface area contributed by atoms with Gasteiger partial charge in [-0.2, -0.15) is 0 Å². The highest BCUT2D eigenvalue weighted by atomic mass is 32.2. The van der Waals surface area contributed by atoms with E-state index in [9.17, 15) is 4.79 Å². The lowest BCUT2D eigenvalue weighted by molar-refractivity contribution is -0.115. The SMILES string of the molecule is C=CCNc1nnc(SC(C)C(=O)Nc2ccccc2C(C)CC)s1. The molecule has 1 aromatic carbocycles. The van der Waals surface area contributed by atoms with Gasteiger partial charge in [0.2, 0.25) is 11.0 Å². The summed E-state index contributed by atoms with van der Waals surface area (Å²) in [5.74, 6) is 0.373. The number of rotatable bonds is 9. The van der Waals surface area contributed by atoms with Gasteiger partial charge < -0.3 is 10.6 Å². The molecule has 2 rings (SSSR count). The maximum Gasteiger partial charge on any atom is 0.237 e. The molecule has 25 heavy (non-hydrogen) atoms. The van der Waals surface area contributed by atoms with Crippen LogP contribution in [-0.2, 0) is 4.79 Å². The molecular weight excluding hydrogens is 352 g/mol. The third kappa shape index (κ3) is 5.57. The molecule has 2 aromatic rings. The number of carbonyl (C=O) groups excluding carboxylic acids is 1. The molecule has 0 aliphatic rings. The highest BCUT2D eigenvalue weighted by Crippen LogP contribution is 2.31. The molecule has 0 radical (unpaired) electrons. The lowest BCUT2D eigenvalue weighted by Gasteiger charge is -2.17. The van der Waals surface area contributed by atoms with Crippen molar-refractivity contribution in [3.8, 4) is 0 Å². The van der Waals surface area contributed by atoms with Crippen molar-refractivity contribution in [2.75, 3.05) is 17.2 Å². The molecule has 0 saturated heterocycles. The van der Waals surface area contributed by atoms with Crippen LogP contribution in [0.5, 0.6) is 0 Å². The molecule has 0 aliphatic heterocycles. The quantitative estimate of drug-likeness (QED) is 0.487. The third-order valence-electron chi connectivity index (χ3n) is 3.81. The molecule has 0 spiro atoms. The average molecular weight is 377 g/mol. The molecule has 0 fully saturated rings. The number of nitrogens with zero attached hydrogens (tertiary/aromatic N) is 2.